The Morgan fingerprint density at radius 1 is 1.16 bits per heavy atom. The first-order valence-corrected chi connectivity index (χ1v) is 11.8. The van der Waals surface area contributed by atoms with Gasteiger partial charge in [0.1, 0.15) is 0 Å². The van der Waals surface area contributed by atoms with Crippen molar-refractivity contribution in [3.8, 4) is 17.5 Å². The van der Waals surface area contributed by atoms with Crippen molar-refractivity contribution in [3.63, 3.8) is 0 Å². The molecule has 0 fully saturated rings. The van der Waals surface area contributed by atoms with Gasteiger partial charge in [-0.15, -0.1) is 0 Å². The predicted molar refractivity (Wildman–Crippen MR) is 146 cm³/mol. The van der Waals surface area contributed by atoms with Crippen molar-refractivity contribution in [2.75, 3.05) is 7.11 Å². The fourth-order valence-electron chi connectivity index (χ4n) is 3.59. The second kappa shape index (κ2) is 10.6. The Morgan fingerprint density at radius 2 is 1.92 bits per heavy atom. The number of methoxy groups -OCH3 is 1. The molecule has 37 heavy (non-hydrogen) atoms. The van der Waals surface area contributed by atoms with Gasteiger partial charge in [-0.3, -0.25) is 23.9 Å². The maximum Gasteiger partial charge on any atom is 0.332 e. The number of hydrazone groups is 1. The van der Waals surface area contributed by atoms with Crippen molar-refractivity contribution >= 4 is 57.9 Å². The number of hydrogen-bond acceptors (Lipinski definition) is 7. The first-order chi connectivity index (χ1) is 17.6. The quantitative estimate of drug-likeness (QED) is 0.200. The van der Waals surface area contributed by atoms with Crippen LogP contribution in [-0.4, -0.2) is 37.1 Å². The third kappa shape index (κ3) is 5.31. The summed E-state index contributed by atoms with van der Waals surface area (Å²) < 4.78 is 15.4. The van der Waals surface area contributed by atoms with E-state index < -0.39 is 11.2 Å². The van der Waals surface area contributed by atoms with Crippen molar-refractivity contribution in [1.82, 2.24) is 24.1 Å². The van der Waals surface area contributed by atoms with Gasteiger partial charge in [-0.05, 0) is 53.7 Å². The van der Waals surface area contributed by atoms with E-state index in [1.807, 2.05) is 0 Å². The van der Waals surface area contributed by atoms with Crippen LogP contribution in [0.1, 0.15) is 11.1 Å². The molecule has 0 aliphatic carbocycles. The number of thiocarbonyl (C=S) groups is 1. The van der Waals surface area contributed by atoms with Gasteiger partial charge in [0.2, 0.25) is 0 Å². The average Bonchev–Trinajstić information content (AvgIpc) is 3.21. The number of hydrogen-bond donors (Lipinski definition) is 2. The summed E-state index contributed by atoms with van der Waals surface area (Å²) in [5.74, 6) is 0.673. The standard InChI is InChI=1S/C23H21Cl2N7O4S/c1-30-19-18(20(33)31(2)23(30)34)32(11-13-5-6-14(24)9-15(13)25)22(28-19)36-16-7-4-12(8-17(16)35-3)10-27-29-21(26)37/h4-10H,11H2,1-3H3,(H3,26,29,37). The van der Waals surface area contributed by atoms with E-state index in [1.165, 1.54) is 32.0 Å². The number of aromatic nitrogens is 4. The number of benzene rings is 2. The van der Waals surface area contributed by atoms with E-state index >= 15 is 0 Å². The lowest BCUT2D eigenvalue weighted by Crippen LogP contribution is -2.37. The largest absolute Gasteiger partial charge is 0.493 e. The summed E-state index contributed by atoms with van der Waals surface area (Å²) in [5.41, 5.74) is 8.44. The molecule has 0 aliphatic heterocycles. The fraction of sp³-hybridized carbons (Fsp3) is 0.174. The van der Waals surface area contributed by atoms with Crippen LogP contribution in [-0.2, 0) is 20.6 Å². The number of fused-ring (bicyclic) bond motifs is 1. The number of imidazole rings is 1. The normalized spacial score (nSPS) is 11.3. The lowest BCUT2D eigenvalue weighted by Gasteiger charge is -2.13. The van der Waals surface area contributed by atoms with Gasteiger partial charge in [0, 0.05) is 24.1 Å². The molecule has 192 valence electrons. The Morgan fingerprint density at radius 3 is 2.59 bits per heavy atom. The predicted octanol–water partition coefficient (Wildman–Crippen LogP) is 2.76. The van der Waals surface area contributed by atoms with E-state index in [0.717, 1.165) is 4.57 Å². The molecule has 0 spiro atoms. The Hall–Kier alpha value is -3.87. The van der Waals surface area contributed by atoms with Gasteiger partial charge >= 0.3 is 11.7 Å². The third-order valence-corrected chi connectivity index (χ3v) is 6.11. The van der Waals surface area contributed by atoms with Crippen LogP contribution in [0.3, 0.4) is 0 Å². The van der Waals surface area contributed by atoms with Crippen molar-refractivity contribution < 1.29 is 9.47 Å². The lowest BCUT2D eigenvalue weighted by atomic mass is 10.2. The summed E-state index contributed by atoms with van der Waals surface area (Å²) in [6.45, 7) is 0.118. The van der Waals surface area contributed by atoms with Gasteiger partial charge in [-0.2, -0.15) is 10.1 Å². The maximum absolute atomic E-state index is 13.1. The highest BCUT2D eigenvalue weighted by Crippen LogP contribution is 2.33. The van der Waals surface area contributed by atoms with Gasteiger partial charge in [0.25, 0.3) is 5.56 Å². The summed E-state index contributed by atoms with van der Waals surface area (Å²) in [5, 5.41) is 4.82. The van der Waals surface area contributed by atoms with Gasteiger partial charge < -0.3 is 15.2 Å². The number of rotatable bonds is 7. The lowest BCUT2D eigenvalue weighted by molar-refractivity contribution is 0.361. The Balaban J connectivity index is 1.85. The zero-order valence-electron chi connectivity index (χ0n) is 19.9. The molecule has 2 heterocycles. The van der Waals surface area contributed by atoms with E-state index in [1.54, 1.807) is 41.0 Å². The molecule has 0 saturated carbocycles. The van der Waals surface area contributed by atoms with Gasteiger partial charge in [-0.1, -0.05) is 29.3 Å². The van der Waals surface area contributed by atoms with Crippen LogP contribution < -0.4 is 31.9 Å². The highest BCUT2D eigenvalue weighted by Gasteiger charge is 2.22. The van der Waals surface area contributed by atoms with E-state index in [0.29, 0.717) is 32.7 Å². The average molecular weight is 562 g/mol. The zero-order chi connectivity index (χ0) is 26.9. The minimum atomic E-state index is -0.533. The zero-order valence-corrected chi connectivity index (χ0v) is 22.2. The van der Waals surface area contributed by atoms with Crippen LogP contribution in [0.15, 0.2) is 51.1 Å². The molecule has 14 heteroatoms. The first kappa shape index (κ1) is 26.2. The Labute approximate surface area is 225 Å². The number of nitrogens with zero attached hydrogens (tertiary/aromatic N) is 5. The van der Waals surface area contributed by atoms with Gasteiger partial charge in [0.15, 0.2) is 27.8 Å². The minimum absolute atomic E-state index is 0.0309. The van der Waals surface area contributed by atoms with Crippen LogP contribution in [0.4, 0.5) is 0 Å². The Bertz CT molecular complexity index is 1680. The number of nitrogens with two attached hydrogens (primary N) is 1. The second-order valence-electron chi connectivity index (χ2n) is 7.84. The second-order valence-corrected chi connectivity index (χ2v) is 9.12. The van der Waals surface area contributed by atoms with Crippen molar-refractivity contribution in [2.24, 2.45) is 24.9 Å². The van der Waals surface area contributed by atoms with Crippen LogP contribution >= 0.6 is 35.4 Å². The van der Waals surface area contributed by atoms with Crippen LogP contribution in [0, 0.1) is 0 Å². The van der Waals surface area contributed by atoms with Crippen molar-refractivity contribution in [2.45, 2.75) is 6.54 Å². The molecule has 0 unspecified atom stereocenters. The molecule has 11 nitrogen and oxygen atoms in total. The summed E-state index contributed by atoms with van der Waals surface area (Å²) in [6.07, 6.45) is 1.50. The molecule has 0 atom stereocenters. The number of ether oxygens (including phenoxy) is 2. The molecule has 2 aromatic carbocycles. The molecule has 0 bridgehead atoms. The maximum atomic E-state index is 13.1. The molecule has 4 rings (SSSR count). The summed E-state index contributed by atoms with van der Waals surface area (Å²) in [4.78, 5) is 30.2. The smallest absolute Gasteiger partial charge is 0.332 e. The van der Waals surface area contributed by atoms with Crippen LogP contribution in [0.25, 0.3) is 11.2 Å². The first-order valence-electron chi connectivity index (χ1n) is 10.6. The third-order valence-electron chi connectivity index (χ3n) is 5.43. The van der Waals surface area contributed by atoms with Gasteiger partial charge in [0.05, 0.1) is 19.9 Å². The van der Waals surface area contributed by atoms with Crippen LogP contribution in [0.5, 0.6) is 17.5 Å². The summed E-state index contributed by atoms with van der Waals surface area (Å²) in [7, 11) is 4.40. The number of halogens is 2. The molecule has 0 radical (unpaired) electrons. The summed E-state index contributed by atoms with van der Waals surface area (Å²) >= 11 is 17.2. The molecule has 4 aromatic rings. The monoisotopic (exact) mass is 561 g/mol. The summed E-state index contributed by atoms with van der Waals surface area (Å²) in [6, 6.07) is 10.1. The molecule has 3 N–H and O–H groups in total. The molecular formula is C23H21Cl2N7O4S. The number of aryl methyl sites for hydroxylation is 1. The topological polar surface area (TPSA) is 131 Å². The van der Waals surface area contributed by atoms with Crippen molar-refractivity contribution in [3.05, 3.63) is 78.4 Å². The van der Waals surface area contributed by atoms with E-state index in [-0.39, 0.29) is 28.8 Å². The van der Waals surface area contributed by atoms with Gasteiger partial charge in [-0.25, -0.2) is 4.79 Å². The van der Waals surface area contributed by atoms with E-state index in [2.05, 4.69) is 15.5 Å². The highest BCUT2D eigenvalue weighted by atomic mass is 35.5. The Kier molecular flexibility index (Phi) is 7.52. The van der Waals surface area contributed by atoms with Crippen LogP contribution in [0.2, 0.25) is 10.0 Å². The number of nitrogens with one attached hydrogen (secondary N) is 1. The fourth-order valence-corrected chi connectivity index (χ4v) is 4.11. The molecule has 0 aliphatic rings. The van der Waals surface area contributed by atoms with E-state index in [4.69, 9.17) is 50.6 Å². The molecule has 0 saturated heterocycles. The SMILES string of the molecule is COc1cc(C=NNC(N)=S)ccc1Oc1nc2c(c(=O)n(C)c(=O)n2C)n1Cc1ccc(Cl)cc1Cl. The minimum Gasteiger partial charge on any atom is -0.493 e. The molecule has 2 aromatic heterocycles. The molecule has 0 amide bonds. The van der Waals surface area contributed by atoms with E-state index in [9.17, 15) is 9.59 Å². The van der Waals surface area contributed by atoms with Crippen molar-refractivity contribution in [1.29, 1.82) is 0 Å². The molecular weight excluding hydrogens is 541 g/mol. The highest BCUT2D eigenvalue weighted by molar-refractivity contribution is 7.80.